The van der Waals surface area contributed by atoms with Gasteiger partial charge in [-0.25, -0.2) is 0 Å². The number of nitrogens with one attached hydrogen (secondary N) is 1. The number of rotatable bonds is 5. The maximum absolute atomic E-state index is 6.20. The third kappa shape index (κ3) is 4.05. The molecule has 0 spiro atoms. The van der Waals surface area contributed by atoms with Gasteiger partial charge in [0.25, 0.3) is 0 Å². The topological polar surface area (TPSA) is 34.1 Å². The Morgan fingerprint density at radius 2 is 2.33 bits per heavy atom. The van der Waals surface area contributed by atoms with Gasteiger partial charge in [0, 0.05) is 18.0 Å². The van der Waals surface area contributed by atoms with Crippen LogP contribution in [0.5, 0.6) is 5.88 Å². The SMILES string of the molecule is CCOc1cccc(NCC2CCCC(Cl)C2)n1. The summed E-state index contributed by atoms with van der Waals surface area (Å²) in [4.78, 5) is 4.40. The van der Waals surface area contributed by atoms with E-state index in [1.54, 1.807) is 0 Å². The Morgan fingerprint density at radius 3 is 3.11 bits per heavy atom. The van der Waals surface area contributed by atoms with Gasteiger partial charge >= 0.3 is 0 Å². The predicted molar refractivity (Wildman–Crippen MR) is 75.5 cm³/mol. The molecule has 0 amide bonds. The highest BCUT2D eigenvalue weighted by atomic mass is 35.5. The van der Waals surface area contributed by atoms with Gasteiger partial charge in [-0.3, -0.25) is 0 Å². The number of ether oxygens (including phenoxy) is 1. The summed E-state index contributed by atoms with van der Waals surface area (Å²) in [6.07, 6.45) is 4.78. The van der Waals surface area contributed by atoms with E-state index in [0.717, 1.165) is 25.2 Å². The molecule has 1 aromatic rings. The number of anilines is 1. The van der Waals surface area contributed by atoms with Crippen molar-refractivity contribution in [2.24, 2.45) is 5.92 Å². The lowest BCUT2D eigenvalue weighted by Gasteiger charge is -2.25. The van der Waals surface area contributed by atoms with E-state index >= 15 is 0 Å². The number of pyridine rings is 1. The maximum Gasteiger partial charge on any atom is 0.215 e. The van der Waals surface area contributed by atoms with E-state index in [4.69, 9.17) is 16.3 Å². The number of nitrogens with zero attached hydrogens (tertiary/aromatic N) is 1. The van der Waals surface area contributed by atoms with E-state index in [9.17, 15) is 0 Å². The molecule has 0 bridgehead atoms. The van der Waals surface area contributed by atoms with Crippen LogP contribution in [0.4, 0.5) is 5.82 Å². The first-order chi connectivity index (χ1) is 8.78. The van der Waals surface area contributed by atoms with Crippen molar-refractivity contribution in [1.82, 2.24) is 4.98 Å². The van der Waals surface area contributed by atoms with Crippen LogP contribution < -0.4 is 10.1 Å². The van der Waals surface area contributed by atoms with Crippen molar-refractivity contribution in [3.63, 3.8) is 0 Å². The van der Waals surface area contributed by atoms with Crippen LogP contribution in [0.3, 0.4) is 0 Å². The van der Waals surface area contributed by atoms with Gasteiger partial charge in [-0.2, -0.15) is 4.98 Å². The number of hydrogen-bond donors (Lipinski definition) is 1. The molecule has 0 aromatic carbocycles. The van der Waals surface area contributed by atoms with Crippen molar-refractivity contribution in [1.29, 1.82) is 0 Å². The summed E-state index contributed by atoms with van der Waals surface area (Å²) in [7, 11) is 0. The molecule has 1 saturated carbocycles. The molecule has 18 heavy (non-hydrogen) atoms. The van der Waals surface area contributed by atoms with E-state index in [0.29, 0.717) is 23.8 Å². The molecule has 1 aliphatic carbocycles. The molecule has 0 saturated heterocycles. The first kappa shape index (κ1) is 13.5. The average Bonchev–Trinajstić information content (AvgIpc) is 2.37. The first-order valence-corrected chi connectivity index (χ1v) is 7.19. The van der Waals surface area contributed by atoms with Crippen molar-refractivity contribution >= 4 is 17.4 Å². The zero-order valence-electron chi connectivity index (χ0n) is 10.9. The second-order valence-electron chi connectivity index (χ2n) is 4.80. The minimum atomic E-state index is 0.355. The molecule has 100 valence electrons. The van der Waals surface area contributed by atoms with Gasteiger partial charge in [-0.15, -0.1) is 11.6 Å². The van der Waals surface area contributed by atoms with Crippen molar-refractivity contribution in [3.8, 4) is 5.88 Å². The first-order valence-electron chi connectivity index (χ1n) is 6.75. The largest absolute Gasteiger partial charge is 0.478 e. The molecule has 0 radical (unpaired) electrons. The standard InChI is InChI=1S/C14H21ClN2O/c1-2-18-14-8-4-7-13(17-14)16-10-11-5-3-6-12(15)9-11/h4,7-8,11-12H,2-3,5-6,9-10H2,1H3,(H,16,17). The summed E-state index contributed by atoms with van der Waals surface area (Å²) in [5.74, 6) is 2.23. The zero-order valence-corrected chi connectivity index (χ0v) is 11.6. The molecular formula is C14H21ClN2O. The normalized spacial score (nSPS) is 23.7. The highest BCUT2D eigenvalue weighted by Gasteiger charge is 2.19. The second kappa shape index (κ2) is 6.83. The lowest BCUT2D eigenvalue weighted by atomic mass is 9.89. The van der Waals surface area contributed by atoms with Crippen LogP contribution in [0.15, 0.2) is 18.2 Å². The van der Waals surface area contributed by atoms with Gasteiger partial charge in [-0.1, -0.05) is 12.5 Å². The fourth-order valence-electron chi connectivity index (χ4n) is 2.40. The summed E-state index contributed by atoms with van der Waals surface area (Å²) >= 11 is 6.20. The van der Waals surface area contributed by atoms with Crippen LogP contribution in [0.1, 0.15) is 32.6 Å². The van der Waals surface area contributed by atoms with Crippen LogP contribution in [-0.4, -0.2) is 23.5 Å². The van der Waals surface area contributed by atoms with Crippen LogP contribution >= 0.6 is 11.6 Å². The lowest BCUT2D eigenvalue weighted by molar-refractivity contribution is 0.327. The zero-order chi connectivity index (χ0) is 12.8. The van der Waals surface area contributed by atoms with Gasteiger partial charge in [0.1, 0.15) is 5.82 Å². The van der Waals surface area contributed by atoms with Crippen LogP contribution in [0.25, 0.3) is 0 Å². The molecule has 3 nitrogen and oxygen atoms in total. The molecular weight excluding hydrogens is 248 g/mol. The lowest BCUT2D eigenvalue weighted by Crippen LogP contribution is -2.22. The summed E-state index contributed by atoms with van der Waals surface area (Å²) in [6.45, 7) is 3.56. The smallest absolute Gasteiger partial charge is 0.215 e. The fourth-order valence-corrected chi connectivity index (χ4v) is 2.81. The molecule has 1 aliphatic rings. The molecule has 0 aliphatic heterocycles. The van der Waals surface area contributed by atoms with Crippen LogP contribution in [-0.2, 0) is 0 Å². The van der Waals surface area contributed by atoms with Crippen molar-refractivity contribution in [3.05, 3.63) is 18.2 Å². The van der Waals surface area contributed by atoms with E-state index < -0.39 is 0 Å². The highest BCUT2D eigenvalue weighted by molar-refractivity contribution is 6.20. The van der Waals surface area contributed by atoms with Gasteiger partial charge in [-0.05, 0) is 38.2 Å². The minimum Gasteiger partial charge on any atom is -0.478 e. The van der Waals surface area contributed by atoms with E-state index in [1.165, 1.54) is 12.8 Å². The number of alkyl halides is 1. The predicted octanol–water partition coefficient (Wildman–Crippen LogP) is 3.69. The van der Waals surface area contributed by atoms with E-state index in [2.05, 4.69) is 10.3 Å². The third-order valence-electron chi connectivity index (χ3n) is 3.31. The average molecular weight is 269 g/mol. The molecule has 1 heterocycles. The summed E-state index contributed by atoms with van der Waals surface area (Å²) in [5.41, 5.74) is 0. The molecule has 1 fully saturated rings. The highest BCUT2D eigenvalue weighted by Crippen LogP contribution is 2.27. The van der Waals surface area contributed by atoms with Crippen LogP contribution in [0.2, 0.25) is 0 Å². The second-order valence-corrected chi connectivity index (χ2v) is 5.42. The monoisotopic (exact) mass is 268 g/mol. The van der Waals surface area contributed by atoms with E-state index in [1.807, 2.05) is 25.1 Å². The Morgan fingerprint density at radius 1 is 1.44 bits per heavy atom. The molecule has 2 rings (SSSR count). The number of halogens is 1. The summed E-state index contributed by atoms with van der Waals surface area (Å²) in [6, 6.07) is 5.82. The molecule has 2 unspecified atom stereocenters. The quantitative estimate of drug-likeness (QED) is 0.827. The fraction of sp³-hybridized carbons (Fsp3) is 0.643. The van der Waals surface area contributed by atoms with E-state index in [-0.39, 0.29) is 0 Å². The maximum atomic E-state index is 6.20. The Kier molecular flexibility index (Phi) is 5.12. The number of hydrogen-bond acceptors (Lipinski definition) is 3. The minimum absolute atomic E-state index is 0.355. The Balaban J connectivity index is 1.83. The third-order valence-corrected chi connectivity index (χ3v) is 3.70. The van der Waals surface area contributed by atoms with Gasteiger partial charge in [0.2, 0.25) is 5.88 Å². The van der Waals surface area contributed by atoms with Crippen LogP contribution in [0, 0.1) is 5.92 Å². The van der Waals surface area contributed by atoms with Gasteiger partial charge in [0.15, 0.2) is 0 Å². The molecule has 1 N–H and O–H groups in total. The van der Waals surface area contributed by atoms with Gasteiger partial charge < -0.3 is 10.1 Å². The Hall–Kier alpha value is -0.960. The summed E-state index contributed by atoms with van der Waals surface area (Å²) in [5, 5.41) is 3.74. The molecule has 1 aromatic heterocycles. The molecule has 2 atom stereocenters. The Bertz CT molecular complexity index is 373. The van der Waals surface area contributed by atoms with Crippen molar-refractivity contribution in [2.75, 3.05) is 18.5 Å². The Labute approximate surface area is 114 Å². The number of aromatic nitrogens is 1. The van der Waals surface area contributed by atoms with Crippen molar-refractivity contribution in [2.45, 2.75) is 38.0 Å². The van der Waals surface area contributed by atoms with Crippen molar-refractivity contribution < 1.29 is 4.74 Å². The summed E-state index contributed by atoms with van der Waals surface area (Å²) < 4.78 is 5.38. The molecule has 4 heteroatoms. The van der Waals surface area contributed by atoms with Gasteiger partial charge in [0.05, 0.1) is 6.61 Å².